The fraction of sp³-hybridized carbons (Fsp3) is 0.293. The van der Waals surface area contributed by atoms with E-state index in [1.165, 1.54) is 28.2 Å². The summed E-state index contributed by atoms with van der Waals surface area (Å²) >= 11 is 0. The van der Waals surface area contributed by atoms with Gasteiger partial charge >= 0.3 is 0 Å². The zero-order valence-electron chi connectivity index (χ0n) is 28.4. The monoisotopic (exact) mass is 611 g/mol. The van der Waals surface area contributed by atoms with Crippen LogP contribution in [0, 0.1) is 0 Å². The van der Waals surface area contributed by atoms with Crippen molar-refractivity contribution in [3.05, 3.63) is 132 Å². The molecule has 1 aliphatic rings. The predicted octanol–water partition coefficient (Wildman–Crippen LogP) is 9.33. The summed E-state index contributed by atoms with van der Waals surface area (Å²) in [6.45, 7) is 12.8. The molecule has 0 radical (unpaired) electrons. The van der Waals surface area contributed by atoms with Gasteiger partial charge in [0.15, 0.2) is 0 Å². The van der Waals surface area contributed by atoms with Gasteiger partial charge in [-0.25, -0.2) is 0 Å². The summed E-state index contributed by atoms with van der Waals surface area (Å²) in [5.41, 5.74) is 8.83. The lowest BCUT2D eigenvalue weighted by molar-refractivity contribution is 0.558. The third-order valence-electron chi connectivity index (χ3n) is 9.00. The summed E-state index contributed by atoms with van der Waals surface area (Å²) in [6, 6.07) is 37.2. The van der Waals surface area contributed by atoms with Crippen molar-refractivity contribution >= 4 is 40.6 Å². The fourth-order valence-electron chi connectivity index (χ4n) is 6.25. The SMILES string of the molecule is CCN(CC)c1ccc(C=CC2(c3ccc(N(CC)CC)cc3)CC(C=Cc3ccc(N(C)C)cc3)=NN2c2ccccc2)cc1. The van der Waals surface area contributed by atoms with E-state index < -0.39 is 5.54 Å². The van der Waals surface area contributed by atoms with E-state index in [2.05, 4.69) is 189 Å². The van der Waals surface area contributed by atoms with Crippen LogP contribution in [0.3, 0.4) is 0 Å². The smallest absolute Gasteiger partial charge is 0.112 e. The van der Waals surface area contributed by atoms with Gasteiger partial charge in [-0.3, -0.25) is 5.01 Å². The minimum absolute atomic E-state index is 0.505. The molecule has 0 saturated carbocycles. The van der Waals surface area contributed by atoms with Gasteiger partial charge in [-0.05, 0) is 99.0 Å². The molecule has 0 saturated heterocycles. The molecule has 0 N–H and O–H groups in total. The normalized spacial score (nSPS) is 16.3. The molecule has 1 unspecified atom stereocenters. The second-order valence-corrected chi connectivity index (χ2v) is 12.0. The third-order valence-corrected chi connectivity index (χ3v) is 9.00. The van der Waals surface area contributed by atoms with Gasteiger partial charge in [0, 0.05) is 63.8 Å². The van der Waals surface area contributed by atoms with Crippen LogP contribution in [0.25, 0.3) is 12.2 Å². The molecular weight excluding hydrogens is 562 g/mol. The van der Waals surface area contributed by atoms with Gasteiger partial charge in [0.25, 0.3) is 0 Å². The maximum Gasteiger partial charge on any atom is 0.112 e. The molecule has 0 fully saturated rings. The molecule has 238 valence electrons. The lowest BCUT2D eigenvalue weighted by Gasteiger charge is -2.36. The Morgan fingerprint density at radius 2 is 1.11 bits per heavy atom. The molecule has 0 spiro atoms. The Labute approximate surface area is 276 Å². The quantitative estimate of drug-likeness (QED) is 0.150. The summed E-state index contributed by atoms with van der Waals surface area (Å²) in [4.78, 5) is 6.89. The first-order chi connectivity index (χ1) is 22.4. The van der Waals surface area contributed by atoms with Crippen LogP contribution >= 0.6 is 0 Å². The van der Waals surface area contributed by atoms with Crippen molar-refractivity contribution in [3.8, 4) is 0 Å². The van der Waals surface area contributed by atoms with Crippen molar-refractivity contribution in [2.24, 2.45) is 5.10 Å². The Morgan fingerprint density at radius 1 is 0.609 bits per heavy atom. The van der Waals surface area contributed by atoms with Crippen molar-refractivity contribution in [2.45, 2.75) is 39.7 Å². The van der Waals surface area contributed by atoms with Crippen LogP contribution < -0.4 is 19.7 Å². The molecule has 0 aliphatic carbocycles. The van der Waals surface area contributed by atoms with E-state index >= 15 is 0 Å². The van der Waals surface area contributed by atoms with Crippen LogP contribution in [-0.4, -0.2) is 46.0 Å². The lowest BCUT2D eigenvalue weighted by atomic mass is 9.83. The summed E-state index contributed by atoms with van der Waals surface area (Å²) in [7, 11) is 4.13. The second kappa shape index (κ2) is 15.0. The van der Waals surface area contributed by atoms with Crippen molar-refractivity contribution in [3.63, 3.8) is 0 Å². The number of para-hydroxylation sites is 1. The number of hydrazone groups is 1. The molecule has 5 rings (SSSR count). The van der Waals surface area contributed by atoms with Crippen LogP contribution in [0.2, 0.25) is 0 Å². The third kappa shape index (κ3) is 7.20. The van der Waals surface area contributed by atoms with Crippen molar-refractivity contribution in [2.75, 3.05) is 60.0 Å². The Kier molecular flexibility index (Phi) is 10.6. The Bertz CT molecular complexity index is 1610. The van der Waals surface area contributed by atoms with Gasteiger partial charge in [-0.15, -0.1) is 0 Å². The van der Waals surface area contributed by atoms with E-state index in [0.717, 1.165) is 49.6 Å². The van der Waals surface area contributed by atoms with Crippen molar-refractivity contribution < 1.29 is 0 Å². The molecule has 4 aromatic carbocycles. The molecule has 1 heterocycles. The number of rotatable bonds is 13. The minimum Gasteiger partial charge on any atom is -0.378 e. The van der Waals surface area contributed by atoms with Crippen LogP contribution in [-0.2, 0) is 5.54 Å². The van der Waals surface area contributed by atoms with E-state index in [9.17, 15) is 0 Å². The molecule has 46 heavy (non-hydrogen) atoms. The number of allylic oxidation sites excluding steroid dienone is 1. The van der Waals surface area contributed by atoms with Gasteiger partial charge in [-0.1, -0.05) is 72.8 Å². The van der Waals surface area contributed by atoms with Crippen LogP contribution in [0.1, 0.15) is 50.8 Å². The first-order valence-electron chi connectivity index (χ1n) is 16.7. The first kappa shape index (κ1) is 32.6. The molecule has 0 aromatic heterocycles. The number of anilines is 4. The maximum atomic E-state index is 5.30. The average molecular weight is 612 g/mol. The predicted molar refractivity (Wildman–Crippen MR) is 201 cm³/mol. The number of hydrogen-bond donors (Lipinski definition) is 0. The Balaban J connectivity index is 1.57. The van der Waals surface area contributed by atoms with Crippen LogP contribution in [0.5, 0.6) is 0 Å². The zero-order valence-corrected chi connectivity index (χ0v) is 28.4. The van der Waals surface area contributed by atoms with Gasteiger partial charge in [-0.2, -0.15) is 5.10 Å². The highest BCUT2D eigenvalue weighted by atomic mass is 15.5. The highest BCUT2D eigenvalue weighted by Gasteiger charge is 2.42. The highest BCUT2D eigenvalue weighted by Crippen LogP contribution is 2.43. The van der Waals surface area contributed by atoms with E-state index in [4.69, 9.17) is 5.10 Å². The topological polar surface area (TPSA) is 25.3 Å². The Hall–Kier alpha value is -4.77. The fourth-order valence-corrected chi connectivity index (χ4v) is 6.25. The van der Waals surface area contributed by atoms with Gasteiger partial charge in [0.2, 0.25) is 0 Å². The first-order valence-corrected chi connectivity index (χ1v) is 16.7. The van der Waals surface area contributed by atoms with Gasteiger partial charge < -0.3 is 14.7 Å². The summed E-state index contributed by atoms with van der Waals surface area (Å²) in [6.07, 6.45) is 9.72. The van der Waals surface area contributed by atoms with E-state index in [-0.39, 0.29) is 0 Å². The lowest BCUT2D eigenvalue weighted by Crippen LogP contribution is -2.38. The molecule has 0 amide bonds. The largest absolute Gasteiger partial charge is 0.378 e. The van der Waals surface area contributed by atoms with Crippen molar-refractivity contribution in [1.29, 1.82) is 0 Å². The maximum absolute atomic E-state index is 5.30. The molecule has 0 bridgehead atoms. The zero-order chi connectivity index (χ0) is 32.5. The molecule has 1 aliphatic heterocycles. The number of nitrogens with zero attached hydrogens (tertiary/aromatic N) is 5. The van der Waals surface area contributed by atoms with Crippen LogP contribution in [0.4, 0.5) is 22.7 Å². The van der Waals surface area contributed by atoms with E-state index in [0.29, 0.717) is 0 Å². The van der Waals surface area contributed by atoms with Crippen molar-refractivity contribution in [1.82, 2.24) is 0 Å². The Morgan fingerprint density at radius 3 is 1.63 bits per heavy atom. The molecule has 1 atom stereocenters. The van der Waals surface area contributed by atoms with E-state index in [1.807, 2.05) is 0 Å². The molecular formula is C41H49N5. The summed E-state index contributed by atoms with van der Waals surface area (Å²) in [5.74, 6) is 0. The minimum atomic E-state index is -0.505. The van der Waals surface area contributed by atoms with Gasteiger partial charge in [0.1, 0.15) is 5.54 Å². The summed E-state index contributed by atoms with van der Waals surface area (Å²) < 4.78 is 0. The standard InChI is InChI=1S/C41H49N5/c1-7-44(8-2)38-26-19-34(20-27-38)30-31-41(35-21-28-39(29-22-35)45(9-3)10-4)32-36(42-46(41)40-14-12-11-13-15-40)23-16-33-17-24-37(25-18-33)43(5)6/h11-31H,7-10,32H2,1-6H3. The van der Waals surface area contributed by atoms with E-state index in [1.54, 1.807) is 0 Å². The molecule has 5 nitrogen and oxygen atoms in total. The highest BCUT2D eigenvalue weighted by molar-refractivity contribution is 6.02. The number of hydrogen-bond acceptors (Lipinski definition) is 5. The number of benzene rings is 4. The second-order valence-electron chi connectivity index (χ2n) is 12.0. The van der Waals surface area contributed by atoms with Gasteiger partial charge in [0.05, 0.1) is 11.4 Å². The average Bonchev–Trinajstić information content (AvgIpc) is 3.48. The summed E-state index contributed by atoms with van der Waals surface area (Å²) in [5, 5.41) is 7.51. The molecule has 5 heteroatoms. The molecule has 4 aromatic rings. The van der Waals surface area contributed by atoms with Crippen LogP contribution in [0.15, 0.2) is 120 Å².